The first-order valence-corrected chi connectivity index (χ1v) is 20.2. The maximum absolute atomic E-state index is 5.07. The summed E-state index contributed by atoms with van der Waals surface area (Å²) < 4.78 is 1.60. The van der Waals surface area contributed by atoms with Gasteiger partial charge in [0.1, 0.15) is 0 Å². The SMILES string of the molecule is [CH3][Ge]([CH3])([CH3])[c]1cnc(-c2ccc3c4ccccc4c4ccccc4c3c2)cc1C1CCCCC1. The number of aromatic nitrogens is 1. The standard InChI is InChI=1S/C32H33GeN/c1-33(2,3)31-21-34-32(20-29(31)22-11-5-4-6-12-22)23-17-18-28-26-15-8-7-13-24(26)25-14-9-10-16-27(25)30(28)19-23/h7-10,13-22H,4-6,11-12H2,1-3H3. The number of hydrogen-bond donors (Lipinski definition) is 0. The van der Waals surface area contributed by atoms with Gasteiger partial charge in [0.2, 0.25) is 0 Å². The molecule has 0 spiro atoms. The number of hydrogen-bond acceptors (Lipinski definition) is 1. The Labute approximate surface area is 205 Å². The minimum absolute atomic E-state index is 0.709. The Hall–Kier alpha value is -2.65. The third kappa shape index (κ3) is 3.75. The molecule has 0 amide bonds. The van der Waals surface area contributed by atoms with Gasteiger partial charge < -0.3 is 0 Å². The molecule has 1 aromatic heterocycles. The Morgan fingerprint density at radius 3 is 1.79 bits per heavy atom. The zero-order chi connectivity index (χ0) is 23.3. The van der Waals surface area contributed by atoms with Crippen molar-refractivity contribution >= 4 is 50.0 Å². The predicted molar refractivity (Wildman–Crippen MR) is 151 cm³/mol. The molecule has 1 fully saturated rings. The first kappa shape index (κ1) is 21.9. The maximum atomic E-state index is 5.07. The first-order valence-electron chi connectivity index (χ1n) is 12.8. The Balaban J connectivity index is 1.57. The molecular weight excluding hydrogens is 471 g/mol. The van der Waals surface area contributed by atoms with Gasteiger partial charge in [0.25, 0.3) is 0 Å². The summed E-state index contributed by atoms with van der Waals surface area (Å²) in [6.07, 6.45) is 9.06. The fraction of sp³-hybridized carbons (Fsp3) is 0.281. The second-order valence-electron chi connectivity index (χ2n) is 11.1. The van der Waals surface area contributed by atoms with Crippen LogP contribution >= 0.6 is 0 Å². The van der Waals surface area contributed by atoms with Crippen LogP contribution in [0.15, 0.2) is 79.0 Å². The van der Waals surface area contributed by atoms with Crippen molar-refractivity contribution < 1.29 is 0 Å². The fourth-order valence-corrected chi connectivity index (χ4v) is 9.42. The van der Waals surface area contributed by atoms with Crippen LogP contribution in [0.25, 0.3) is 43.6 Å². The van der Waals surface area contributed by atoms with E-state index in [1.54, 1.807) is 9.96 Å². The summed E-state index contributed by atoms with van der Waals surface area (Å²) in [6.45, 7) is 0. The van der Waals surface area contributed by atoms with Gasteiger partial charge in [0.15, 0.2) is 0 Å². The Morgan fingerprint density at radius 2 is 1.21 bits per heavy atom. The van der Waals surface area contributed by atoms with E-state index in [1.807, 2.05) is 0 Å². The van der Waals surface area contributed by atoms with E-state index in [0.717, 1.165) is 5.69 Å². The van der Waals surface area contributed by atoms with Crippen molar-refractivity contribution in [3.05, 3.63) is 84.6 Å². The zero-order valence-electron chi connectivity index (χ0n) is 20.6. The Kier molecular flexibility index (Phi) is 5.49. The van der Waals surface area contributed by atoms with Crippen molar-refractivity contribution in [2.24, 2.45) is 0 Å². The average Bonchev–Trinajstić information content (AvgIpc) is 2.88. The molecule has 4 aromatic carbocycles. The Bertz CT molecular complexity index is 1480. The van der Waals surface area contributed by atoms with Crippen molar-refractivity contribution in [3.8, 4) is 11.3 Å². The van der Waals surface area contributed by atoms with Crippen molar-refractivity contribution in [3.63, 3.8) is 0 Å². The van der Waals surface area contributed by atoms with Gasteiger partial charge in [-0.25, -0.2) is 0 Å². The molecule has 170 valence electrons. The van der Waals surface area contributed by atoms with Crippen molar-refractivity contribution in [2.75, 3.05) is 0 Å². The first-order chi connectivity index (χ1) is 16.5. The van der Waals surface area contributed by atoms with Crippen LogP contribution in [-0.2, 0) is 0 Å². The van der Waals surface area contributed by atoms with E-state index in [4.69, 9.17) is 4.98 Å². The summed E-state index contributed by atoms with van der Waals surface area (Å²) in [5, 5.41) is 7.96. The van der Waals surface area contributed by atoms with Gasteiger partial charge in [-0.1, -0.05) is 0 Å². The van der Waals surface area contributed by atoms with Gasteiger partial charge in [0, 0.05) is 0 Å². The fourth-order valence-electron chi connectivity index (χ4n) is 6.07. The predicted octanol–water partition coefficient (Wildman–Crippen LogP) is 8.80. The molecule has 0 atom stereocenters. The number of benzene rings is 4. The van der Waals surface area contributed by atoms with E-state index in [9.17, 15) is 0 Å². The molecule has 0 bridgehead atoms. The topological polar surface area (TPSA) is 12.9 Å². The second kappa shape index (κ2) is 8.54. The summed E-state index contributed by atoms with van der Waals surface area (Å²) in [6, 6.07) is 27.1. The van der Waals surface area contributed by atoms with Crippen LogP contribution in [0, 0.1) is 0 Å². The number of rotatable bonds is 3. The van der Waals surface area contributed by atoms with E-state index >= 15 is 0 Å². The van der Waals surface area contributed by atoms with E-state index in [-0.39, 0.29) is 0 Å². The molecule has 0 aliphatic heterocycles. The van der Waals surface area contributed by atoms with E-state index in [2.05, 4.69) is 96.3 Å². The average molecular weight is 504 g/mol. The molecular formula is C32H33GeN. The molecule has 1 aliphatic rings. The summed E-state index contributed by atoms with van der Waals surface area (Å²) in [4.78, 5) is 5.07. The third-order valence-corrected chi connectivity index (χ3v) is 12.1. The molecule has 0 saturated heterocycles. The van der Waals surface area contributed by atoms with Crippen molar-refractivity contribution in [1.82, 2.24) is 4.98 Å². The molecule has 0 radical (unpaired) electrons. The molecule has 1 saturated carbocycles. The van der Waals surface area contributed by atoms with Crippen LogP contribution in [0.2, 0.25) is 17.3 Å². The van der Waals surface area contributed by atoms with E-state index in [1.165, 1.54) is 70.0 Å². The zero-order valence-corrected chi connectivity index (χ0v) is 22.7. The Morgan fingerprint density at radius 1 is 0.647 bits per heavy atom. The number of fused-ring (bicyclic) bond motifs is 6. The van der Waals surface area contributed by atoms with Gasteiger partial charge in [-0.05, 0) is 0 Å². The molecule has 0 unspecified atom stereocenters. The molecule has 2 heteroatoms. The van der Waals surface area contributed by atoms with Crippen molar-refractivity contribution in [1.29, 1.82) is 0 Å². The number of pyridine rings is 1. The molecule has 1 aliphatic carbocycles. The quantitative estimate of drug-likeness (QED) is 0.177. The number of nitrogens with zero attached hydrogens (tertiary/aromatic N) is 1. The molecule has 6 rings (SSSR count). The normalized spacial score (nSPS) is 15.4. The molecule has 0 N–H and O–H groups in total. The molecule has 34 heavy (non-hydrogen) atoms. The third-order valence-electron chi connectivity index (χ3n) is 7.83. The van der Waals surface area contributed by atoms with Crippen LogP contribution in [-0.4, -0.2) is 18.3 Å². The second-order valence-corrected chi connectivity index (χ2v) is 21.7. The minimum atomic E-state index is -2.01. The molecule has 1 nitrogen and oxygen atoms in total. The van der Waals surface area contributed by atoms with Crippen LogP contribution in [0.3, 0.4) is 0 Å². The monoisotopic (exact) mass is 505 g/mol. The van der Waals surface area contributed by atoms with Crippen LogP contribution < -0.4 is 4.40 Å². The summed E-state index contributed by atoms with van der Waals surface area (Å²) in [5.41, 5.74) is 3.98. The van der Waals surface area contributed by atoms with E-state index < -0.39 is 13.3 Å². The molecule has 5 aromatic rings. The summed E-state index contributed by atoms with van der Waals surface area (Å²) in [7, 11) is 0. The van der Waals surface area contributed by atoms with Gasteiger partial charge in [-0.15, -0.1) is 0 Å². The summed E-state index contributed by atoms with van der Waals surface area (Å²) >= 11 is -2.01. The van der Waals surface area contributed by atoms with E-state index in [0.29, 0.717) is 5.92 Å². The molecule has 1 heterocycles. The summed E-state index contributed by atoms with van der Waals surface area (Å²) in [5.74, 6) is 8.24. The van der Waals surface area contributed by atoms with Gasteiger partial charge in [-0.3, -0.25) is 0 Å². The van der Waals surface area contributed by atoms with Crippen molar-refractivity contribution in [2.45, 2.75) is 55.3 Å². The van der Waals surface area contributed by atoms with Gasteiger partial charge >= 0.3 is 206 Å². The van der Waals surface area contributed by atoms with Crippen LogP contribution in [0.5, 0.6) is 0 Å². The van der Waals surface area contributed by atoms with Gasteiger partial charge in [0.05, 0.1) is 0 Å². The van der Waals surface area contributed by atoms with Crippen LogP contribution in [0.4, 0.5) is 0 Å². The van der Waals surface area contributed by atoms with Gasteiger partial charge in [-0.2, -0.15) is 0 Å². The van der Waals surface area contributed by atoms with Crippen LogP contribution in [0.1, 0.15) is 43.6 Å².